The SMILES string of the molecule is COc1ccc(-c2ccccc2)cc1C(=O)N[C@H](C)Cc1ccc(O)cc1. The number of rotatable bonds is 6. The molecule has 3 rings (SSSR count). The van der Waals surface area contributed by atoms with Crippen LogP contribution in [0.5, 0.6) is 11.5 Å². The van der Waals surface area contributed by atoms with E-state index in [2.05, 4.69) is 5.32 Å². The first-order chi connectivity index (χ1) is 13.1. The predicted octanol–water partition coefficient (Wildman–Crippen LogP) is 4.43. The van der Waals surface area contributed by atoms with Gasteiger partial charge in [-0.3, -0.25) is 4.79 Å². The lowest BCUT2D eigenvalue weighted by molar-refractivity contribution is 0.0937. The van der Waals surface area contributed by atoms with Crippen molar-refractivity contribution < 1.29 is 14.6 Å². The molecule has 0 aliphatic carbocycles. The van der Waals surface area contributed by atoms with Gasteiger partial charge in [0.2, 0.25) is 0 Å². The van der Waals surface area contributed by atoms with E-state index in [9.17, 15) is 9.90 Å². The number of carbonyl (C=O) groups excluding carboxylic acids is 1. The number of aromatic hydroxyl groups is 1. The van der Waals surface area contributed by atoms with Crippen LogP contribution in [-0.4, -0.2) is 24.2 Å². The largest absolute Gasteiger partial charge is 0.508 e. The van der Waals surface area contributed by atoms with Gasteiger partial charge in [0.1, 0.15) is 11.5 Å². The topological polar surface area (TPSA) is 58.6 Å². The van der Waals surface area contributed by atoms with Crippen LogP contribution in [-0.2, 0) is 6.42 Å². The van der Waals surface area contributed by atoms with Crippen molar-refractivity contribution in [3.8, 4) is 22.6 Å². The van der Waals surface area contributed by atoms with Gasteiger partial charge in [0.05, 0.1) is 12.7 Å². The smallest absolute Gasteiger partial charge is 0.255 e. The first-order valence-corrected chi connectivity index (χ1v) is 8.89. The molecule has 0 heterocycles. The summed E-state index contributed by atoms with van der Waals surface area (Å²) in [6.45, 7) is 1.96. The molecule has 27 heavy (non-hydrogen) atoms. The fourth-order valence-electron chi connectivity index (χ4n) is 3.03. The molecule has 1 amide bonds. The minimum absolute atomic E-state index is 0.0628. The van der Waals surface area contributed by atoms with Gasteiger partial charge in [0, 0.05) is 6.04 Å². The number of benzene rings is 3. The van der Waals surface area contributed by atoms with Crippen LogP contribution >= 0.6 is 0 Å². The van der Waals surface area contributed by atoms with E-state index in [1.807, 2.05) is 67.6 Å². The van der Waals surface area contributed by atoms with Crippen LogP contribution in [0.1, 0.15) is 22.8 Å². The highest BCUT2D eigenvalue weighted by Crippen LogP contribution is 2.26. The van der Waals surface area contributed by atoms with Crippen molar-refractivity contribution in [1.82, 2.24) is 5.32 Å². The molecule has 0 aliphatic rings. The average molecular weight is 361 g/mol. The summed E-state index contributed by atoms with van der Waals surface area (Å²) >= 11 is 0. The van der Waals surface area contributed by atoms with E-state index >= 15 is 0 Å². The van der Waals surface area contributed by atoms with E-state index < -0.39 is 0 Å². The zero-order valence-corrected chi connectivity index (χ0v) is 15.5. The van der Waals surface area contributed by atoms with Gasteiger partial charge in [-0.05, 0) is 54.3 Å². The van der Waals surface area contributed by atoms with Gasteiger partial charge >= 0.3 is 0 Å². The molecule has 0 fully saturated rings. The quantitative estimate of drug-likeness (QED) is 0.683. The second kappa shape index (κ2) is 8.41. The number of ether oxygens (including phenoxy) is 1. The Hall–Kier alpha value is -3.27. The lowest BCUT2D eigenvalue weighted by Gasteiger charge is -2.16. The van der Waals surface area contributed by atoms with E-state index in [1.54, 1.807) is 19.2 Å². The molecule has 0 bridgehead atoms. The molecule has 4 nitrogen and oxygen atoms in total. The van der Waals surface area contributed by atoms with Crippen molar-refractivity contribution in [2.75, 3.05) is 7.11 Å². The zero-order valence-electron chi connectivity index (χ0n) is 15.5. The fraction of sp³-hybridized carbons (Fsp3) is 0.174. The predicted molar refractivity (Wildman–Crippen MR) is 107 cm³/mol. The van der Waals surface area contributed by atoms with Gasteiger partial charge in [0.25, 0.3) is 5.91 Å². The summed E-state index contributed by atoms with van der Waals surface area (Å²) in [5.74, 6) is 0.609. The summed E-state index contributed by atoms with van der Waals surface area (Å²) < 4.78 is 5.38. The van der Waals surface area contributed by atoms with Crippen LogP contribution in [0.15, 0.2) is 72.8 Å². The second-order valence-corrected chi connectivity index (χ2v) is 6.53. The first-order valence-electron chi connectivity index (χ1n) is 8.89. The molecule has 0 aliphatic heterocycles. The minimum Gasteiger partial charge on any atom is -0.508 e. The number of carbonyl (C=O) groups is 1. The van der Waals surface area contributed by atoms with Crippen molar-refractivity contribution in [1.29, 1.82) is 0 Å². The summed E-state index contributed by atoms with van der Waals surface area (Å²) in [5.41, 5.74) is 3.57. The van der Waals surface area contributed by atoms with Crippen LogP contribution < -0.4 is 10.1 Å². The standard InChI is InChI=1S/C23H23NO3/c1-16(14-17-8-11-20(25)12-9-17)24-23(26)21-15-19(10-13-22(21)27-2)18-6-4-3-5-7-18/h3-13,15-16,25H,14H2,1-2H3,(H,24,26)/t16-/m1/s1. The lowest BCUT2D eigenvalue weighted by atomic mass is 10.0. The molecule has 0 unspecified atom stereocenters. The molecule has 2 N–H and O–H groups in total. The summed E-state index contributed by atoms with van der Waals surface area (Å²) in [5, 5.41) is 12.4. The Morgan fingerprint density at radius 1 is 1.00 bits per heavy atom. The molecule has 0 saturated heterocycles. The van der Waals surface area contributed by atoms with E-state index in [0.717, 1.165) is 16.7 Å². The van der Waals surface area contributed by atoms with Crippen LogP contribution in [0.3, 0.4) is 0 Å². The summed E-state index contributed by atoms with van der Waals surface area (Å²) in [6.07, 6.45) is 0.673. The maximum atomic E-state index is 12.8. The maximum absolute atomic E-state index is 12.8. The minimum atomic E-state index is -0.170. The van der Waals surface area contributed by atoms with E-state index in [4.69, 9.17) is 4.74 Å². The first kappa shape index (κ1) is 18.5. The number of phenolic OH excluding ortho intramolecular Hbond substituents is 1. The highest BCUT2D eigenvalue weighted by molar-refractivity contribution is 5.98. The molecule has 0 saturated carbocycles. The molecular weight excluding hydrogens is 338 g/mol. The Kier molecular flexibility index (Phi) is 5.77. The van der Waals surface area contributed by atoms with E-state index in [-0.39, 0.29) is 17.7 Å². The molecule has 3 aromatic rings. The van der Waals surface area contributed by atoms with E-state index in [1.165, 1.54) is 0 Å². The van der Waals surface area contributed by atoms with Crippen LogP contribution in [0.25, 0.3) is 11.1 Å². The normalized spacial score (nSPS) is 11.6. The van der Waals surface area contributed by atoms with Gasteiger partial charge in [-0.2, -0.15) is 0 Å². The van der Waals surface area contributed by atoms with E-state index in [0.29, 0.717) is 17.7 Å². The third kappa shape index (κ3) is 4.67. The lowest BCUT2D eigenvalue weighted by Crippen LogP contribution is -2.34. The van der Waals surface area contributed by atoms with Crippen molar-refractivity contribution >= 4 is 5.91 Å². The zero-order chi connectivity index (χ0) is 19.2. The van der Waals surface area contributed by atoms with Gasteiger partial charge < -0.3 is 15.2 Å². The molecule has 0 radical (unpaired) electrons. The second-order valence-electron chi connectivity index (χ2n) is 6.53. The van der Waals surface area contributed by atoms with Crippen LogP contribution in [0, 0.1) is 0 Å². The fourth-order valence-corrected chi connectivity index (χ4v) is 3.03. The maximum Gasteiger partial charge on any atom is 0.255 e. The number of nitrogens with one attached hydrogen (secondary N) is 1. The molecule has 138 valence electrons. The van der Waals surface area contributed by atoms with Crippen molar-refractivity contribution in [2.24, 2.45) is 0 Å². The highest BCUT2D eigenvalue weighted by atomic mass is 16.5. The molecule has 1 atom stereocenters. The summed E-state index contributed by atoms with van der Waals surface area (Å²) in [4.78, 5) is 12.8. The Morgan fingerprint density at radius 2 is 1.70 bits per heavy atom. The van der Waals surface area contributed by atoms with Crippen LogP contribution in [0.4, 0.5) is 0 Å². The Balaban J connectivity index is 1.77. The highest BCUT2D eigenvalue weighted by Gasteiger charge is 2.16. The molecular formula is C23H23NO3. The molecule has 0 spiro atoms. The molecule has 4 heteroatoms. The molecule has 3 aromatic carbocycles. The average Bonchev–Trinajstić information content (AvgIpc) is 2.70. The van der Waals surface area contributed by atoms with Gasteiger partial charge in [-0.25, -0.2) is 0 Å². The summed E-state index contributed by atoms with van der Waals surface area (Å²) in [7, 11) is 1.56. The van der Waals surface area contributed by atoms with Crippen molar-refractivity contribution in [3.05, 3.63) is 83.9 Å². The van der Waals surface area contributed by atoms with Crippen molar-refractivity contribution in [3.63, 3.8) is 0 Å². The Morgan fingerprint density at radius 3 is 2.37 bits per heavy atom. The number of amides is 1. The number of methoxy groups -OCH3 is 1. The van der Waals surface area contributed by atoms with Crippen molar-refractivity contribution in [2.45, 2.75) is 19.4 Å². The summed E-state index contributed by atoms with van der Waals surface area (Å²) in [6, 6.07) is 22.5. The number of hydrogen-bond acceptors (Lipinski definition) is 3. The monoisotopic (exact) mass is 361 g/mol. The van der Waals surface area contributed by atoms with Gasteiger partial charge in [-0.1, -0.05) is 48.5 Å². The van der Waals surface area contributed by atoms with Crippen LogP contribution in [0.2, 0.25) is 0 Å². The number of phenols is 1. The van der Waals surface area contributed by atoms with Gasteiger partial charge in [0.15, 0.2) is 0 Å². The third-order valence-electron chi connectivity index (χ3n) is 4.41. The molecule has 0 aromatic heterocycles. The third-order valence-corrected chi connectivity index (χ3v) is 4.41. The van der Waals surface area contributed by atoms with Gasteiger partial charge in [-0.15, -0.1) is 0 Å². The number of hydrogen-bond donors (Lipinski definition) is 2. The Bertz CT molecular complexity index is 905. The Labute approximate surface area is 159 Å².